The predicted molar refractivity (Wildman–Crippen MR) is 93.4 cm³/mol. The lowest BCUT2D eigenvalue weighted by molar-refractivity contribution is 0.372. The summed E-state index contributed by atoms with van der Waals surface area (Å²) in [5.74, 6) is 1.11. The Morgan fingerprint density at radius 1 is 1.38 bits per heavy atom. The number of likely N-dealkylation sites (N-methyl/N-ethyl adjacent to an activating group) is 1. The molecule has 21 heavy (non-hydrogen) atoms. The standard InChI is InChI=1S/C15H19N3S3/c1-18-8-2-5-12(11-18)14-15(17-21-16-14)20-10-4-7-13-6-3-9-19-13/h3,5-6,9H,2,4,7-8,10-11H2,1H3. The van der Waals surface area contributed by atoms with Crippen molar-refractivity contribution in [1.82, 2.24) is 13.6 Å². The largest absolute Gasteiger partial charge is 0.302 e. The van der Waals surface area contributed by atoms with E-state index >= 15 is 0 Å². The zero-order chi connectivity index (χ0) is 14.5. The van der Waals surface area contributed by atoms with Crippen molar-refractivity contribution < 1.29 is 0 Å². The molecule has 0 spiro atoms. The number of rotatable bonds is 6. The SMILES string of the molecule is CN1CCC=C(c2nsnc2SCCCc2cccs2)C1. The smallest absolute Gasteiger partial charge is 0.138 e. The Bertz CT molecular complexity index is 589. The lowest BCUT2D eigenvalue weighted by atomic mass is 10.1. The minimum absolute atomic E-state index is 0.994. The van der Waals surface area contributed by atoms with Crippen molar-refractivity contribution in [3.05, 3.63) is 34.2 Å². The van der Waals surface area contributed by atoms with E-state index in [1.54, 1.807) is 0 Å². The van der Waals surface area contributed by atoms with Crippen molar-refractivity contribution in [3.63, 3.8) is 0 Å². The maximum absolute atomic E-state index is 4.52. The van der Waals surface area contributed by atoms with E-state index in [-0.39, 0.29) is 0 Å². The van der Waals surface area contributed by atoms with Gasteiger partial charge in [0.1, 0.15) is 10.7 Å². The first kappa shape index (κ1) is 15.2. The van der Waals surface area contributed by atoms with Crippen LogP contribution in [0.3, 0.4) is 0 Å². The van der Waals surface area contributed by atoms with E-state index in [0.29, 0.717) is 0 Å². The van der Waals surface area contributed by atoms with Crippen LogP contribution in [0, 0.1) is 0 Å². The fourth-order valence-electron chi connectivity index (χ4n) is 2.41. The summed E-state index contributed by atoms with van der Waals surface area (Å²) >= 11 is 5.04. The number of thioether (sulfide) groups is 1. The zero-order valence-electron chi connectivity index (χ0n) is 12.1. The molecule has 0 radical (unpaired) electrons. The van der Waals surface area contributed by atoms with Crippen LogP contribution < -0.4 is 0 Å². The number of thiophene rings is 1. The van der Waals surface area contributed by atoms with E-state index in [2.05, 4.69) is 44.3 Å². The van der Waals surface area contributed by atoms with Gasteiger partial charge in [0.2, 0.25) is 0 Å². The van der Waals surface area contributed by atoms with Crippen molar-refractivity contribution in [2.45, 2.75) is 24.3 Å². The molecule has 0 aliphatic carbocycles. The molecule has 0 fully saturated rings. The third kappa shape index (κ3) is 4.16. The van der Waals surface area contributed by atoms with Crippen LogP contribution in [0.1, 0.15) is 23.4 Å². The highest BCUT2D eigenvalue weighted by atomic mass is 32.2. The number of hydrogen-bond donors (Lipinski definition) is 0. The van der Waals surface area contributed by atoms with E-state index in [4.69, 9.17) is 0 Å². The summed E-state index contributed by atoms with van der Waals surface area (Å²) in [6, 6.07) is 4.34. The maximum atomic E-state index is 4.52. The molecule has 3 nitrogen and oxygen atoms in total. The Morgan fingerprint density at radius 3 is 3.14 bits per heavy atom. The van der Waals surface area contributed by atoms with Gasteiger partial charge in [0.15, 0.2) is 0 Å². The second-order valence-electron chi connectivity index (χ2n) is 5.21. The summed E-state index contributed by atoms with van der Waals surface area (Å²) in [5.41, 5.74) is 2.46. The fraction of sp³-hybridized carbons (Fsp3) is 0.467. The Morgan fingerprint density at radius 2 is 2.33 bits per heavy atom. The number of aryl methyl sites for hydroxylation is 1. The molecule has 112 valence electrons. The van der Waals surface area contributed by atoms with Gasteiger partial charge >= 0.3 is 0 Å². The highest BCUT2D eigenvalue weighted by Gasteiger charge is 2.17. The first-order valence-corrected chi connectivity index (χ1v) is 9.78. The average Bonchev–Trinajstić information content (AvgIpc) is 3.15. The summed E-state index contributed by atoms with van der Waals surface area (Å²) in [7, 11) is 2.17. The topological polar surface area (TPSA) is 29.0 Å². The molecule has 2 aromatic rings. The van der Waals surface area contributed by atoms with Crippen LogP contribution in [0.15, 0.2) is 28.6 Å². The highest BCUT2D eigenvalue weighted by Crippen LogP contribution is 2.29. The van der Waals surface area contributed by atoms with Gasteiger partial charge in [0, 0.05) is 18.0 Å². The van der Waals surface area contributed by atoms with E-state index < -0.39 is 0 Å². The quantitative estimate of drug-likeness (QED) is 0.587. The Balaban J connectivity index is 1.54. The van der Waals surface area contributed by atoms with Crippen LogP contribution in [-0.2, 0) is 6.42 Å². The van der Waals surface area contributed by atoms with Crippen LogP contribution in [0.25, 0.3) is 5.57 Å². The molecular formula is C15H19N3S3. The number of aromatic nitrogens is 2. The van der Waals surface area contributed by atoms with Gasteiger partial charge in [-0.15, -0.1) is 23.1 Å². The Hall–Kier alpha value is -0.690. The van der Waals surface area contributed by atoms with Crippen LogP contribution in [-0.4, -0.2) is 39.5 Å². The summed E-state index contributed by atoms with van der Waals surface area (Å²) in [6.45, 7) is 2.14. The summed E-state index contributed by atoms with van der Waals surface area (Å²) < 4.78 is 9.01. The van der Waals surface area contributed by atoms with Crippen LogP contribution in [0.5, 0.6) is 0 Å². The minimum atomic E-state index is 0.994. The molecule has 0 saturated heterocycles. The second-order valence-corrected chi connectivity index (χ2v) is 7.85. The second kappa shape index (κ2) is 7.54. The molecule has 0 bridgehead atoms. The molecule has 3 heterocycles. The van der Waals surface area contributed by atoms with Gasteiger partial charge in [-0.25, -0.2) is 0 Å². The van der Waals surface area contributed by atoms with Gasteiger partial charge in [-0.05, 0) is 49.1 Å². The van der Waals surface area contributed by atoms with Crippen molar-refractivity contribution in [2.24, 2.45) is 0 Å². The monoisotopic (exact) mass is 337 g/mol. The summed E-state index contributed by atoms with van der Waals surface area (Å²) in [5, 5.41) is 3.27. The van der Waals surface area contributed by atoms with E-state index in [1.165, 1.54) is 35.0 Å². The van der Waals surface area contributed by atoms with Crippen molar-refractivity contribution in [1.29, 1.82) is 0 Å². The lowest BCUT2D eigenvalue weighted by Gasteiger charge is -2.22. The van der Waals surface area contributed by atoms with Crippen molar-refractivity contribution >= 4 is 40.4 Å². The lowest BCUT2D eigenvalue weighted by Crippen LogP contribution is -2.25. The maximum Gasteiger partial charge on any atom is 0.138 e. The third-order valence-electron chi connectivity index (χ3n) is 3.49. The molecule has 0 saturated carbocycles. The zero-order valence-corrected chi connectivity index (χ0v) is 14.6. The van der Waals surface area contributed by atoms with Gasteiger partial charge in [-0.2, -0.15) is 8.75 Å². The predicted octanol–water partition coefficient (Wildman–Crippen LogP) is 4.04. The van der Waals surface area contributed by atoms with E-state index in [9.17, 15) is 0 Å². The van der Waals surface area contributed by atoms with Gasteiger partial charge in [0.25, 0.3) is 0 Å². The third-order valence-corrected chi connectivity index (χ3v) is 6.12. The van der Waals surface area contributed by atoms with Crippen LogP contribution in [0.4, 0.5) is 0 Å². The van der Waals surface area contributed by atoms with Gasteiger partial charge in [-0.1, -0.05) is 12.1 Å². The first-order chi connectivity index (χ1) is 10.3. The van der Waals surface area contributed by atoms with Gasteiger partial charge < -0.3 is 4.90 Å². The number of hydrogen-bond acceptors (Lipinski definition) is 6. The van der Waals surface area contributed by atoms with E-state index in [1.807, 2.05) is 23.1 Å². The molecule has 0 amide bonds. The van der Waals surface area contributed by atoms with Crippen molar-refractivity contribution in [2.75, 3.05) is 25.9 Å². The van der Waals surface area contributed by atoms with Crippen molar-refractivity contribution in [3.8, 4) is 0 Å². The molecule has 3 rings (SSSR count). The highest BCUT2D eigenvalue weighted by molar-refractivity contribution is 7.99. The number of nitrogens with zero attached hydrogens (tertiary/aromatic N) is 3. The van der Waals surface area contributed by atoms with Gasteiger partial charge in [-0.3, -0.25) is 0 Å². The molecule has 0 N–H and O–H groups in total. The normalized spacial score (nSPS) is 16.1. The molecule has 6 heteroatoms. The molecule has 1 aliphatic heterocycles. The van der Waals surface area contributed by atoms with Crippen LogP contribution in [0.2, 0.25) is 0 Å². The average molecular weight is 338 g/mol. The fourth-order valence-corrected chi connectivity index (χ4v) is 4.81. The Labute approximate surface area is 138 Å². The molecule has 0 unspecified atom stereocenters. The summed E-state index contributed by atoms with van der Waals surface area (Å²) in [6.07, 6.45) is 5.81. The van der Waals surface area contributed by atoms with Gasteiger partial charge in [0.05, 0.1) is 11.7 Å². The molecule has 0 atom stereocenters. The molecular weight excluding hydrogens is 318 g/mol. The summed E-state index contributed by atoms with van der Waals surface area (Å²) in [4.78, 5) is 3.82. The first-order valence-electron chi connectivity index (χ1n) is 7.18. The minimum Gasteiger partial charge on any atom is -0.302 e. The van der Waals surface area contributed by atoms with Crippen LogP contribution >= 0.6 is 34.8 Å². The molecule has 2 aromatic heterocycles. The molecule has 1 aliphatic rings. The molecule has 0 aromatic carbocycles. The van der Waals surface area contributed by atoms with E-state index in [0.717, 1.165) is 36.0 Å². The Kier molecular flexibility index (Phi) is 5.46.